The average Bonchev–Trinajstić information content (AvgIpc) is 3.70. The number of carbonyl (C=O) groups excluding carboxylic acids is 2. The number of pyridine rings is 4. The third-order valence-corrected chi connectivity index (χ3v) is 15.3. The number of hydrogen-bond acceptors (Lipinski definition) is 13. The Morgan fingerprint density at radius 1 is 0.625 bits per heavy atom. The highest BCUT2D eigenvalue weighted by atomic mass is 19.3. The summed E-state index contributed by atoms with van der Waals surface area (Å²) in [5.74, 6) is -4.69. The molecule has 0 radical (unpaired) electrons. The van der Waals surface area contributed by atoms with E-state index in [0.717, 1.165) is 99.5 Å². The van der Waals surface area contributed by atoms with Crippen LogP contribution in [0.4, 0.5) is 40.3 Å². The number of nitrogens with zero attached hydrogens (tertiary/aromatic N) is 9. The highest BCUT2D eigenvalue weighted by Gasteiger charge is 2.56. The molecule has 20 heteroatoms. The van der Waals surface area contributed by atoms with E-state index in [0.29, 0.717) is 49.7 Å². The number of nitrogens with two attached hydrogens (primary N) is 1. The van der Waals surface area contributed by atoms with Gasteiger partial charge < -0.3 is 25.0 Å². The van der Waals surface area contributed by atoms with Gasteiger partial charge in [-0.1, -0.05) is 25.0 Å². The van der Waals surface area contributed by atoms with Crippen molar-refractivity contribution in [3.8, 4) is 34.0 Å². The number of anilines is 3. The van der Waals surface area contributed by atoms with E-state index in [2.05, 4.69) is 26.0 Å². The Kier molecular flexibility index (Phi) is 11.6. The van der Waals surface area contributed by atoms with E-state index in [9.17, 15) is 37.3 Å². The first-order valence-electron chi connectivity index (χ1n) is 24.3. The van der Waals surface area contributed by atoms with Gasteiger partial charge >= 0.3 is 5.69 Å². The Bertz CT molecular complexity index is 3190. The number of fused-ring (bicyclic) bond motifs is 8. The molecule has 2 amide bonds. The molecule has 72 heavy (non-hydrogen) atoms. The van der Waals surface area contributed by atoms with Gasteiger partial charge in [-0.3, -0.25) is 39.5 Å². The summed E-state index contributed by atoms with van der Waals surface area (Å²) in [4.78, 5) is 61.9. The Hall–Kier alpha value is -7.06. The minimum atomic E-state index is -2.63. The first kappa shape index (κ1) is 47.3. The molecule has 2 spiro atoms. The molecule has 6 aliphatic rings. The molecule has 4 aromatic heterocycles. The van der Waals surface area contributed by atoms with Crippen molar-refractivity contribution in [2.24, 2.45) is 0 Å². The molecule has 6 aromatic rings. The van der Waals surface area contributed by atoms with Crippen LogP contribution in [0.15, 0.2) is 73.3 Å². The zero-order valence-corrected chi connectivity index (χ0v) is 39.8. The lowest BCUT2D eigenvalue weighted by molar-refractivity contribution is -0.386. The zero-order valence-electron chi connectivity index (χ0n) is 39.8. The summed E-state index contributed by atoms with van der Waals surface area (Å²) in [6, 6.07) is 14.9. The Labute approximate surface area is 411 Å². The number of ether oxygens (including phenoxy) is 2. The van der Waals surface area contributed by atoms with Gasteiger partial charge in [-0.05, 0) is 80.0 Å². The van der Waals surface area contributed by atoms with Crippen LogP contribution in [0.5, 0.6) is 11.8 Å². The summed E-state index contributed by atoms with van der Waals surface area (Å²) in [5.41, 5.74) is 13.9. The first-order chi connectivity index (χ1) is 34.5. The topological polar surface area (TPSA) is 186 Å². The molecule has 2 saturated carbocycles. The third-order valence-electron chi connectivity index (χ3n) is 15.3. The molecule has 2 N–H and O–H groups in total. The van der Waals surface area contributed by atoms with Crippen LogP contribution < -0.4 is 25.0 Å². The lowest BCUT2D eigenvalue weighted by Crippen LogP contribution is -2.56. The number of likely N-dealkylation sites (N-methyl/N-ethyl adjacent to an activating group) is 2. The van der Waals surface area contributed by atoms with Crippen LogP contribution in [0.3, 0.4) is 0 Å². The van der Waals surface area contributed by atoms with Gasteiger partial charge in [-0.15, -0.1) is 0 Å². The quantitative estimate of drug-likeness (QED) is 0.0505. The third kappa shape index (κ3) is 8.07. The second kappa shape index (κ2) is 17.6. The highest BCUT2D eigenvalue weighted by molar-refractivity contribution is 6.14. The van der Waals surface area contributed by atoms with Gasteiger partial charge in [0.1, 0.15) is 0 Å². The van der Waals surface area contributed by atoms with E-state index in [1.807, 2.05) is 49.6 Å². The molecule has 2 aromatic carbocycles. The molecular weight excluding hydrogens is 937 g/mol. The number of aromatic nitrogens is 4. The number of halogens is 4. The molecule has 8 heterocycles. The highest BCUT2D eigenvalue weighted by Crippen LogP contribution is 2.56. The molecule has 16 nitrogen and oxygen atoms in total. The molecule has 2 saturated heterocycles. The van der Waals surface area contributed by atoms with E-state index in [1.165, 1.54) is 12.3 Å². The summed E-state index contributed by atoms with van der Waals surface area (Å²) < 4.78 is 63.0. The normalized spacial score (nSPS) is 19.8. The van der Waals surface area contributed by atoms with Gasteiger partial charge in [-0.25, -0.2) is 27.5 Å². The number of nitrogen functional groups attached to an aromatic ring is 1. The molecule has 0 bridgehead atoms. The minimum absolute atomic E-state index is 0.0927. The van der Waals surface area contributed by atoms with Crippen LogP contribution in [0.25, 0.3) is 44.1 Å². The van der Waals surface area contributed by atoms with E-state index >= 15 is 0 Å². The maximum Gasteiger partial charge on any atom is 0.331 e. The average molecular weight is 989 g/mol. The largest absolute Gasteiger partial charge is 0.476 e. The van der Waals surface area contributed by atoms with Crippen LogP contribution in [-0.4, -0.2) is 125 Å². The van der Waals surface area contributed by atoms with Crippen LogP contribution in [0.1, 0.15) is 62.5 Å². The Morgan fingerprint density at radius 3 is 1.49 bits per heavy atom. The number of likely N-dealkylation sites (tertiary alicyclic amines) is 2. The van der Waals surface area contributed by atoms with Gasteiger partial charge in [-0.2, -0.15) is 0 Å². The number of hydrogen-bond donors (Lipinski definition) is 1. The van der Waals surface area contributed by atoms with Crippen molar-refractivity contribution < 1.29 is 41.5 Å². The predicted molar refractivity (Wildman–Crippen MR) is 262 cm³/mol. The lowest BCUT2D eigenvalue weighted by atomic mass is 9.64. The number of alkyl halides is 4. The van der Waals surface area contributed by atoms with E-state index < -0.39 is 27.6 Å². The second-order valence-corrected chi connectivity index (χ2v) is 20.1. The summed E-state index contributed by atoms with van der Waals surface area (Å²) >= 11 is 0. The van der Waals surface area contributed by atoms with Crippen molar-refractivity contribution in [1.82, 2.24) is 29.7 Å². The summed E-state index contributed by atoms with van der Waals surface area (Å²) in [6.07, 6.45) is 13.2. The van der Waals surface area contributed by atoms with Gasteiger partial charge in [0.15, 0.2) is 0 Å². The van der Waals surface area contributed by atoms with Crippen molar-refractivity contribution in [2.75, 3.05) is 82.1 Å². The zero-order chi connectivity index (χ0) is 50.3. The Morgan fingerprint density at radius 2 is 1.07 bits per heavy atom. The van der Waals surface area contributed by atoms with Gasteiger partial charge in [0.2, 0.25) is 17.7 Å². The predicted octanol–water partition coefficient (Wildman–Crippen LogP) is 8.32. The summed E-state index contributed by atoms with van der Waals surface area (Å²) in [6.45, 7) is 0.573. The van der Waals surface area contributed by atoms with Crippen LogP contribution in [0, 0.1) is 10.1 Å². The van der Waals surface area contributed by atoms with Gasteiger partial charge in [0, 0.05) is 78.7 Å². The number of amides is 2. The fourth-order valence-electron chi connectivity index (χ4n) is 11.3. The van der Waals surface area contributed by atoms with Crippen LogP contribution >= 0.6 is 0 Å². The summed E-state index contributed by atoms with van der Waals surface area (Å²) in [7, 11) is 3.60. The molecule has 12 rings (SSSR count). The number of nitro groups is 1. The number of rotatable bonds is 13. The van der Waals surface area contributed by atoms with Crippen molar-refractivity contribution in [1.29, 1.82) is 0 Å². The number of carbonyl (C=O) groups is 2. The fraction of sp³-hybridized carbons (Fsp3) is 0.423. The second-order valence-electron chi connectivity index (χ2n) is 20.1. The number of benzene rings is 2. The molecule has 374 valence electrons. The first-order valence-corrected chi connectivity index (χ1v) is 24.3. The molecule has 4 fully saturated rings. The maximum absolute atomic E-state index is 13.1. The Balaban J connectivity index is 0.000000156. The van der Waals surface area contributed by atoms with Crippen molar-refractivity contribution in [2.45, 2.75) is 74.0 Å². The van der Waals surface area contributed by atoms with E-state index in [4.69, 9.17) is 15.2 Å². The fourth-order valence-corrected chi connectivity index (χ4v) is 11.3. The van der Waals surface area contributed by atoms with Crippen molar-refractivity contribution in [3.05, 3.63) is 94.6 Å². The van der Waals surface area contributed by atoms with Gasteiger partial charge in [0.25, 0.3) is 17.7 Å². The van der Waals surface area contributed by atoms with Crippen LogP contribution in [-0.2, 0) is 20.4 Å². The molecule has 4 aliphatic heterocycles. The SMILES string of the molecule is CN1C(=O)C2(CCC2)c2c1cnc1ccc(-c3cnc(OCCCN4CC(F)(F)C4)c(N)c3)cc21.CN1C(=O)C2(CCC2)c2c1cnc1ccc(-c3cnc(OCCCN4CC(F)(F)C4)c([N+](=O)[O-])c3)cc21. The molecular formula is C52H52F4N10O6. The minimum Gasteiger partial charge on any atom is -0.476 e. The van der Waals surface area contributed by atoms with Crippen LogP contribution in [0.2, 0.25) is 0 Å². The molecule has 0 unspecified atom stereocenters. The molecule has 0 atom stereocenters. The smallest absolute Gasteiger partial charge is 0.331 e. The lowest BCUT2D eigenvalue weighted by Gasteiger charge is -2.38. The van der Waals surface area contributed by atoms with E-state index in [1.54, 1.807) is 39.0 Å². The maximum atomic E-state index is 13.1. The van der Waals surface area contributed by atoms with Crippen molar-refractivity contribution >= 4 is 56.4 Å². The standard InChI is InChI=1S/C26H25F2N5O4.C26H27F2N5O2/c1-31-21-13-29-19-5-4-16(10-18(19)22(21)25(24(31)34)6-2-7-25)17-11-20(33(35)36)23(30-12-17)37-9-3-8-32-14-26(27,28)15-32;1-32-21-13-30-20-5-4-16(10-18(20)22(21)25(24(32)34)6-2-7-25)17-11-19(29)23(31-12-17)35-9-3-8-33-14-26(27,28)15-33/h4-5,10-13H,2-3,6-9,14-15H2,1H3;4-5,10-13H,2-3,6-9,14-15,29H2,1H3. The summed E-state index contributed by atoms with van der Waals surface area (Å²) in [5, 5.41) is 13.6. The monoisotopic (exact) mass is 988 g/mol. The van der Waals surface area contributed by atoms with Crippen molar-refractivity contribution in [3.63, 3.8) is 0 Å². The van der Waals surface area contributed by atoms with Gasteiger partial charge in [0.05, 0.1) is 95.6 Å². The van der Waals surface area contributed by atoms with E-state index in [-0.39, 0.29) is 56.2 Å². The molecule has 2 aliphatic carbocycles.